The lowest BCUT2D eigenvalue weighted by atomic mass is 10.1. The van der Waals surface area contributed by atoms with Crippen LogP contribution in [0.5, 0.6) is 0 Å². The van der Waals surface area contributed by atoms with Gasteiger partial charge in [0, 0.05) is 11.0 Å². The molecule has 1 aromatic rings. The maximum Gasteiger partial charge on any atom is 0.335 e. The van der Waals surface area contributed by atoms with Crippen molar-refractivity contribution in [3.63, 3.8) is 0 Å². The molecule has 18 heavy (non-hydrogen) atoms. The predicted molar refractivity (Wildman–Crippen MR) is 75.5 cm³/mol. The van der Waals surface area contributed by atoms with Gasteiger partial charge in [0.15, 0.2) is 0 Å². The Bertz CT molecular complexity index is 465. The zero-order chi connectivity index (χ0) is 13.5. The number of aromatic carboxylic acids is 1. The molecule has 0 spiro atoms. The largest absolute Gasteiger partial charge is 0.478 e. The smallest absolute Gasteiger partial charge is 0.335 e. The zero-order valence-electron chi connectivity index (χ0n) is 10.2. The number of carboxylic acid groups (broad SMARTS) is 1. The number of halogens is 1. The third-order valence-electron chi connectivity index (χ3n) is 2.62. The van der Waals surface area contributed by atoms with Crippen LogP contribution in [0.25, 0.3) is 0 Å². The first kappa shape index (κ1) is 14.7. The minimum Gasteiger partial charge on any atom is -0.478 e. The van der Waals surface area contributed by atoms with Crippen LogP contribution in [-0.4, -0.2) is 17.1 Å². The van der Waals surface area contributed by atoms with Crippen molar-refractivity contribution in [3.8, 4) is 12.3 Å². The summed E-state index contributed by atoms with van der Waals surface area (Å²) in [6.45, 7) is 2.71. The molecule has 3 nitrogen and oxygen atoms in total. The lowest BCUT2D eigenvalue weighted by molar-refractivity contribution is 0.0697. The lowest BCUT2D eigenvalue weighted by Gasteiger charge is -2.13. The fourth-order valence-corrected chi connectivity index (χ4v) is 2.11. The fourth-order valence-electron chi connectivity index (χ4n) is 1.59. The standard InChI is InChI=1S/C14H16BrNO2/c1-3-5-12(4-2)16-9-11-7-6-10(14(17)18)8-13(11)15/h2,6-8,12,16H,3,5,9H2,1H3,(H,17,18). The molecule has 4 heteroatoms. The number of terminal acetylenes is 1. The number of carbonyl (C=O) groups is 1. The molecule has 0 aliphatic heterocycles. The average Bonchev–Trinajstić information content (AvgIpc) is 2.35. The highest BCUT2D eigenvalue weighted by molar-refractivity contribution is 9.10. The van der Waals surface area contributed by atoms with Crippen molar-refractivity contribution in [2.24, 2.45) is 0 Å². The Balaban J connectivity index is 2.68. The molecule has 96 valence electrons. The van der Waals surface area contributed by atoms with Gasteiger partial charge in [-0.15, -0.1) is 6.42 Å². The Labute approximate surface area is 116 Å². The Hall–Kier alpha value is -1.31. The SMILES string of the molecule is C#CC(CCC)NCc1ccc(C(=O)O)cc1Br. The Kier molecular flexibility index (Phi) is 5.90. The lowest BCUT2D eigenvalue weighted by Crippen LogP contribution is -2.26. The van der Waals surface area contributed by atoms with Gasteiger partial charge >= 0.3 is 5.97 Å². The van der Waals surface area contributed by atoms with Gasteiger partial charge in [-0.25, -0.2) is 4.79 Å². The van der Waals surface area contributed by atoms with Crippen LogP contribution < -0.4 is 5.32 Å². The van der Waals surface area contributed by atoms with E-state index in [4.69, 9.17) is 11.5 Å². The van der Waals surface area contributed by atoms with Crippen LogP contribution in [0.3, 0.4) is 0 Å². The minimum atomic E-state index is -0.928. The van der Waals surface area contributed by atoms with E-state index in [1.165, 1.54) is 0 Å². The molecule has 1 unspecified atom stereocenters. The highest BCUT2D eigenvalue weighted by atomic mass is 79.9. The van der Waals surface area contributed by atoms with E-state index in [1.54, 1.807) is 18.2 Å². The molecule has 0 bridgehead atoms. The van der Waals surface area contributed by atoms with Crippen molar-refractivity contribution < 1.29 is 9.90 Å². The quantitative estimate of drug-likeness (QED) is 0.794. The maximum absolute atomic E-state index is 10.8. The Morgan fingerprint density at radius 1 is 1.61 bits per heavy atom. The fraction of sp³-hybridized carbons (Fsp3) is 0.357. The molecule has 0 saturated carbocycles. The molecule has 1 atom stereocenters. The summed E-state index contributed by atoms with van der Waals surface area (Å²) in [6.07, 6.45) is 7.38. The summed E-state index contributed by atoms with van der Waals surface area (Å²) in [7, 11) is 0. The molecular formula is C14H16BrNO2. The number of hydrogen-bond acceptors (Lipinski definition) is 2. The number of benzene rings is 1. The van der Waals surface area contributed by atoms with Gasteiger partial charge in [0.2, 0.25) is 0 Å². The van der Waals surface area contributed by atoms with Gasteiger partial charge in [0.25, 0.3) is 0 Å². The van der Waals surface area contributed by atoms with Crippen molar-refractivity contribution >= 4 is 21.9 Å². The van der Waals surface area contributed by atoms with Crippen molar-refractivity contribution in [3.05, 3.63) is 33.8 Å². The van der Waals surface area contributed by atoms with Gasteiger partial charge in [-0.3, -0.25) is 5.32 Å². The highest BCUT2D eigenvalue weighted by Crippen LogP contribution is 2.19. The molecular weight excluding hydrogens is 294 g/mol. The molecule has 1 rings (SSSR count). The monoisotopic (exact) mass is 309 g/mol. The molecule has 0 radical (unpaired) electrons. The number of carboxylic acids is 1. The van der Waals surface area contributed by atoms with E-state index in [2.05, 4.69) is 34.1 Å². The molecule has 0 aliphatic rings. The molecule has 0 saturated heterocycles. The first-order chi connectivity index (χ1) is 8.58. The molecule has 1 aromatic carbocycles. The van der Waals surface area contributed by atoms with E-state index < -0.39 is 5.97 Å². The van der Waals surface area contributed by atoms with Crippen LogP contribution in [0.1, 0.15) is 35.7 Å². The van der Waals surface area contributed by atoms with Crippen molar-refractivity contribution in [2.45, 2.75) is 32.4 Å². The van der Waals surface area contributed by atoms with Crippen molar-refractivity contribution in [1.82, 2.24) is 5.32 Å². The molecule has 0 aliphatic carbocycles. The number of hydrogen-bond donors (Lipinski definition) is 2. The number of nitrogens with one attached hydrogen (secondary N) is 1. The summed E-state index contributed by atoms with van der Waals surface area (Å²) < 4.78 is 0.780. The summed E-state index contributed by atoms with van der Waals surface area (Å²) in [6, 6.07) is 5.04. The maximum atomic E-state index is 10.8. The first-order valence-corrected chi connectivity index (χ1v) is 6.59. The van der Waals surface area contributed by atoms with Crippen LogP contribution >= 0.6 is 15.9 Å². The van der Waals surface area contributed by atoms with E-state index in [0.29, 0.717) is 6.54 Å². The highest BCUT2D eigenvalue weighted by Gasteiger charge is 2.08. The van der Waals surface area contributed by atoms with E-state index in [1.807, 2.05) is 0 Å². The zero-order valence-corrected chi connectivity index (χ0v) is 11.8. The second-order valence-electron chi connectivity index (χ2n) is 4.00. The molecule has 0 heterocycles. The van der Waals surface area contributed by atoms with Crippen LogP contribution in [-0.2, 0) is 6.54 Å². The molecule has 0 amide bonds. The Morgan fingerprint density at radius 3 is 2.83 bits per heavy atom. The summed E-state index contributed by atoms with van der Waals surface area (Å²) in [5.41, 5.74) is 1.27. The van der Waals surface area contributed by atoms with E-state index in [-0.39, 0.29) is 11.6 Å². The third-order valence-corrected chi connectivity index (χ3v) is 3.36. The van der Waals surface area contributed by atoms with Gasteiger partial charge < -0.3 is 5.11 Å². The van der Waals surface area contributed by atoms with E-state index >= 15 is 0 Å². The molecule has 0 fully saturated rings. The minimum absolute atomic E-state index is 0.0565. The summed E-state index contributed by atoms with van der Waals surface area (Å²) in [5.74, 6) is 1.77. The van der Waals surface area contributed by atoms with Crippen LogP contribution in [0.2, 0.25) is 0 Å². The van der Waals surface area contributed by atoms with Gasteiger partial charge in [0.05, 0.1) is 11.6 Å². The van der Waals surface area contributed by atoms with E-state index in [0.717, 1.165) is 22.9 Å². The molecule has 2 N–H and O–H groups in total. The van der Waals surface area contributed by atoms with Crippen LogP contribution in [0, 0.1) is 12.3 Å². The predicted octanol–water partition coefficient (Wildman–Crippen LogP) is 3.04. The average molecular weight is 310 g/mol. The van der Waals surface area contributed by atoms with Gasteiger partial charge in [0.1, 0.15) is 0 Å². The summed E-state index contributed by atoms with van der Waals surface area (Å²) in [5, 5.41) is 12.1. The second-order valence-corrected chi connectivity index (χ2v) is 4.85. The van der Waals surface area contributed by atoms with E-state index in [9.17, 15) is 4.79 Å². The normalized spacial score (nSPS) is 11.8. The Morgan fingerprint density at radius 2 is 2.33 bits per heavy atom. The summed E-state index contributed by atoms with van der Waals surface area (Å²) >= 11 is 3.37. The topological polar surface area (TPSA) is 49.3 Å². The second kappa shape index (κ2) is 7.20. The van der Waals surface area contributed by atoms with Crippen LogP contribution in [0.15, 0.2) is 22.7 Å². The number of rotatable bonds is 6. The molecule has 0 aromatic heterocycles. The van der Waals surface area contributed by atoms with Gasteiger partial charge in [-0.2, -0.15) is 0 Å². The first-order valence-electron chi connectivity index (χ1n) is 5.79. The third kappa shape index (κ3) is 4.17. The summed E-state index contributed by atoms with van der Waals surface area (Å²) in [4.78, 5) is 10.8. The van der Waals surface area contributed by atoms with Crippen molar-refractivity contribution in [2.75, 3.05) is 0 Å². The van der Waals surface area contributed by atoms with Crippen LogP contribution in [0.4, 0.5) is 0 Å². The van der Waals surface area contributed by atoms with Gasteiger partial charge in [-0.1, -0.05) is 41.3 Å². The van der Waals surface area contributed by atoms with Crippen molar-refractivity contribution in [1.29, 1.82) is 0 Å². The van der Waals surface area contributed by atoms with Gasteiger partial charge in [-0.05, 0) is 24.1 Å².